The van der Waals surface area contributed by atoms with Gasteiger partial charge < -0.3 is 14.8 Å². The predicted octanol–water partition coefficient (Wildman–Crippen LogP) is 2.40. The molecule has 0 unspecified atom stereocenters. The molecule has 1 heterocycles. The van der Waals surface area contributed by atoms with Crippen LogP contribution >= 0.6 is 7.60 Å². The van der Waals surface area contributed by atoms with Gasteiger partial charge in [-0.05, 0) is 17.5 Å². The van der Waals surface area contributed by atoms with E-state index in [1.165, 1.54) is 6.08 Å². The third-order valence-corrected chi connectivity index (χ3v) is 2.82. The monoisotopic (exact) mass is 237 g/mol. The van der Waals surface area contributed by atoms with Crippen molar-refractivity contribution in [2.24, 2.45) is 0 Å². The van der Waals surface area contributed by atoms with E-state index in [2.05, 4.69) is 4.98 Å². The summed E-state index contributed by atoms with van der Waals surface area (Å²) in [5, 5.41) is 1.10. The second kappa shape index (κ2) is 4.26. The van der Waals surface area contributed by atoms with Crippen molar-refractivity contribution >= 4 is 18.5 Å². The first-order chi connectivity index (χ1) is 7.54. The molecule has 0 aliphatic rings. The normalized spacial score (nSPS) is 12.6. The number of para-hydroxylation sites is 1. The van der Waals surface area contributed by atoms with Gasteiger partial charge in [-0.3, -0.25) is 4.57 Å². The Morgan fingerprint density at radius 1 is 1.31 bits per heavy atom. The van der Waals surface area contributed by atoms with Crippen LogP contribution in [0, 0.1) is 0 Å². The third kappa shape index (κ3) is 2.83. The van der Waals surface area contributed by atoms with Crippen LogP contribution in [0.1, 0.15) is 5.69 Å². The third-order valence-electron chi connectivity index (χ3n) is 2.22. The highest BCUT2D eigenvalue weighted by molar-refractivity contribution is 7.55. The molecule has 0 aliphatic carbocycles. The van der Waals surface area contributed by atoms with Crippen LogP contribution in [0.15, 0.2) is 42.2 Å². The van der Waals surface area contributed by atoms with E-state index >= 15 is 0 Å². The van der Waals surface area contributed by atoms with Crippen LogP contribution in [-0.4, -0.2) is 14.8 Å². The summed E-state index contributed by atoms with van der Waals surface area (Å²) in [6.07, 6.45) is 1.96. The fraction of sp³-hybridized carbons (Fsp3) is 0.0909. The summed E-state index contributed by atoms with van der Waals surface area (Å²) < 4.78 is 10.6. The molecule has 0 fully saturated rings. The Morgan fingerprint density at radius 3 is 2.75 bits per heavy atom. The number of aromatic amines is 1. The first kappa shape index (κ1) is 11.1. The van der Waals surface area contributed by atoms with Crippen LogP contribution in [0.2, 0.25) is 0 Å². The molecule has 84 valence electrons. The fourth-order valence-corrected chi connectivity index (χ4v) is 1.94. The predicted molar refractivity (Wildman–Crippen MR) is 63.2 cm³/mol. The Morgan fingerprint density at radius 2 is 2.06 bits per heavy atom. The SMILES string of the molecule is O=P(O)(O)C=CCc1cc2ccccc2[nH]1. The van der Waals surface area contributed by atoms with E-state index < -0.39 is 7.60 Å². The summed E-state index contributed by atoms with van der Waals surface area (Å²) in [7, 11) is -4.03. The van der Waals surface area contributed by atoms with Crippen molar-refractivity contribution in [2.45, 2.75) is 6.42 Å². The number of H-pyrrole nitrogens is 1. The molecule has 1 aromatic heterocycles. The van der Waals surface area contributed by atoms with Crippen LogP contribution in [0.4, 0.5) is 0 Å². The molecule has 0 amide bonds. The maximum Gasteiger partial charge on any atom is 0.348 e. The summed E-state index contributed by atoms with van der Waals surface area (Å²) >= 11 is 0. The Bertz CT molecular complexity index is 534. The minimum Gasteiger partial charge on any atom is -0.358 e. The van der Waals surface area contributed by atoms with Gasteiger partial charge in [-0.1, -0.05) is 24.3 Å². The van der Waals surface area contributed by atoms with E-state index in [1.54, 1.807) is 0 Å². The van der Waals surface area contributed by atoms with E-state index in [0.29, 0.717) is 6.42 Å². The van der Waals surface area contributed by atoms with Gasteiger partial charge in [0.15, 0.2) is 0 Å². The molecule has 0 radical (unpaired) electrons. The first-order valence-electron chi connectivity index (χ1n) is 4.84. The van der Waals surface area contributed by atoms with Crippen molar-refractivity contribution in [2.75, 3.05) is 0 Å². The zero-order valence-electron chi connectivity index (χ0n) is 8.50. The summed E-state index contributed by atoms with van der Waals surface area (Å²) in [5.41, 5.74) is 1.97. The molecule has 4 nitrogen and oxygen atoms in total. The van der Waals surface area contributed by atoms with Gasteiger partial charge in [-0.25, -0.2) is 0 Å². The van der Waals surface area contributed by atoms with Crippen molar-refractivity contribution < 1.29 is 14.4 Å². The lowest BCUT2D eigenvalue weighted by molar-refractivity contribution is 0.386. The number of allylic oxidation sites excluding steroid dienone is 1. The molecule has 1 aromatic carbocycles. The minimum atomic E-state index is -4.03. The Kier molecular flexibility index (Phi) is 2.97. The number of hydrogen-bond acceptors (Lipinski definition) is 1. The number of hydrogen-bond donors (Lipinski definition) is 3. The van der Waals surface area contributed by atoms with Crippen molar-refractivity contribution in [1.82, 2.24) is 4.98 Å². The Labute approximate surface area is 92.8 Å². The molecule has 2 rings (SSSR count). The molecule has 0 spiro atoms. The lowest BCUT2D eigenvalue weighted by Crippen LogP contribution is -1.79. The largest absolute Gasteiger partial charge is 0.358 e. The Balaban J connectivity index is 2.16. The van der Waals surface area contributed by atoms with Gasteiger partial charge in [0.05, 0.1) is 0 Å². The molecule has 2 aromatic rings. The lowest BCUT2D eigenvalue weighted by atomic mass is 10.2. The second-order valence-corrected chi connectivity index (χ2v) is 5.04. The zero-order valence-corrected chi connectivity index (χ0v) is 9.39. The van der Waals surface area contributed by atoms with E-state index in [-0.39, 0.29) is 0 Å². The molecule has 0 saturated heterocycles. The quantitative estimate of drug-likeness (QED) is 0.717. The van der Waals surface area contributed by atoms with Gasteiger partial charge in [-0.15, -0.1) is 0 Å². The minimum absolute atomic E-state index is 0.486. The lowest BCUT2D eigenvalue weighted by Gasteiger charge is -1.93. The average molecular weight is 237 g/mol. The Hall–Kier alpha value is -1.35. The van der Waals surface area contributed by atoms with E-state index in [1.807, 2.05) is 30.3 Å². The van der Waals surface area contributed by atoms with Gasteiger partial charge in [0, 0.05) is 23.4 Å². The van der Waals surface area contributed by atoms with Crippen LogP contribution in [0.3, 0.4) is 0 Å². The second-order valence-electron chi connectivity index (χ2n) is 3.56. The van der Waals surface area contributed by atoms with Gasteiger partial charge in [0.2, 0.25) is 0 Å². The van der Waals surface area contributed by atoms with Crippen molar-refractivity contribution in [3.8, 4) is 0 Å². The number of benzene rings is 1. The van der Waals surface area contributed by atoms with Gasteiger partial charge >= 0.3 is 7.60 Å². The standard InChI is InChI=1S/C11H12NO3P/c13-16(14,15)7-3-5-10-8-9-4-1-2-6-11(9)12-10/h1-4,6-8,12H,5H2,(H2,13,14,15). The van der Waals surface area contributed by atoms with Crippen LogP contribution in [0.5, 0.6) is 0 Å². The van der Waals surface area contributed by atoms with Gasteiger partial charge in [0.1, 0.15) is 0 Å². The number of nitrogens with one attached hydrogen (secondary N) is 1. The summed E-state index contributed by atoms with van der Waals surface area (Å²) in [4.78, 5) is 20.5. The smallest absolute Gasteiger partial charge is 0.348 e. The maximum atomic E-state index is 10.6. The highest BCUT2D eigenvalue weighted by Crippen LogP contribution is 2.36. The average Bonchev–Trinajstić information content (AvgIpc) is 2.57. The van der Waals surface area contributed by atoms with Crippen molar-refractivity contribution in [1.29, 1.82) is 0 Å². The topological polar surface area (TPSA) is 73.3 Å². The summed E-state index contributed by atoms with van der Waals surface area (Å²) in [5.74, 6) is 0.929. The first-order valence-corrected chi connectivity index (χ1v) is 6.52. The summed E-state index contributed by atoms with van der Waals surface area (Å²) in [6.45, 7) is 0. The van der Waals surface area contributed by atoms with Gasteiger partial charge in [0.25, 0.3) is 0 Å². The molecule has 0 aliphatic heterocycles. The zero-order chi connectivity index (χ0) is 11.6. The van der Waals surface area contributed by atoms with Crippen LogP contribution < -0.4 is 0 Å². The molecule has 5 heteroatoms. The molecule has 0 saturated carbocycles. The van der Waals surface area contributed by atoms with Crippen molar-refractivity contribution in [3.63, 3.8) is 0 Å². The molecule has 3 N–H and O–H groups in total. The van der Waals surface area contributed by atoms with Crippen LogP contribution in [0.25, 0.3) is 10.9 Å². The molecular formula is C11H12NO3P. The van der Waals surface area contributed by atoms with Crippen LogP contribution in [-0.2, 0) is 11.0 Å². The van der Waals surface area contributed by atoms with E-state index in [9.17, 15) is 4.57 Å². The maximum absolute atomic E-state index is 10.6. The molecule has 16 heavy (non-hydrogen) atoms. The highest BCUT2D eigenvalue weighted by atomic mass is 31.2. The molecule has 0 atom stereocenters. The van der Waals surface area contributed by atoms with Crippen molar-refractivity contribution in [3.05, 3.63) is 47.9 Å². The number of rotatable bonds is 3. The number of fused-ring (bicyclic) bond motifs is 1. The van der Waals surface area contributed by atoms with E-state index in [0.717, 1.165) is 22.4 Å². The van der Waals surface area contributed by atoms with E-state index in [4.69, 9.17) is 9.79 Å². The molecular weight excluding hydrogens is 225 g/mol. The summed E-state index contributed by atoms with van der Waals surface area (Å²) in [6, 6.07) is 9.81. The molecule has 0 bridgehead atoms. The fourth-order valence-electron chi connectivity index (χ4n) is 1.56. The number of aromatic nitrogens is 1. The highest BCUT2D eigenvalue weighted by Gasteiger charge is 2.05. The van der Waals surface area contributed by atoms with Gasteiger partial charge in [-0.2, -0.15) is 0 Å².